The first kappa shape index (κ1) is 23.5. The van der Waals surface area contributed by atoms with Crippen molar-refractivity contribution in [2.75, 3.05) is 33.2 Å². The first-order valence-corrected chi connectivity index (χ1v) is 11.1. The molecule has 0 aliphatic carbocycles. The van der Waals surface area contributed by atoms with Crippen LogP contribution < -0.4 is 10.6 Å². The van der Waals surface area contributed by atoms with Crippen LogP contribution in [0.5, 0.6) is 0 Å². The van der Waals surface area contributed by atoms with Gasteiger partial charge in [-0.05, 0) is 42.8 Å². The molecule has 32 heavy (non-hydrogen) atoms. The maximum atomic E-state index is 12.7. The highest BCUT2D eigenvalue weighted by Crippen LogP contribution is 2.11. The molecule has 7 nitrogen and oxygen atoms in total. The molecule has 0 bridgehead atoms. The van der Waals surface area contributed by atoms with Crippen LogP contribution in [0.3, 0.4) is 0 Å². The molecule has 0 radical (unpaired) electrons. The lowest BCUT2D eigenvalue weighted by Crippen LogP contribution is -2.49. The highest BCUT2D eigenvalue weighted by Gasteiger charge is 2.24. The number of nitrogens with one attached hydrogen (secondary N) is 2. The quantitative estimate of drug-likeness (QED) is 0.697. The smallest absolute Gasteiger partial charge is 0.253 e. The second kappa shape index (κ2) is 10.9. The summed E-state index contributed by atoms with van der Waals surface area (Å²) in [5.74, 6) is -0.531. The van der Waals surface area contributed by atoms with Crippen molar-refractivity contribution in [3.05, 3.63) is 71.3 Å². The molecular weight excluding hydrogens is 404 g/mol. The fraction of sp³-hybridized carbons (Fsp3) is 0.400. The summed E-state index contributed by atoms with van der Waals surface area (Å²) >= 11 is 0. The fourth-order valence-corrected chi connectivity index (χ4v) is 3.61. The number of hydrogen-bond donors (Lipinski definition) is 2. The minimum absolute atomic E-state index is 0.0391. The van der Waals surface area contributed by atoms with Gasteiger partial charge in [0.2, 0.25) is 5.91 Å². The molecule has 1 atom stereocenters. The number of piperazine rings is 1. The summed E-state index contributed by atoms with van der Waals surface area (Å²) in [7, 11) is 2.06. The molecule has 1 unspecified atom stereocenters. The molecule has 3 rings (SSSR count). The summed E-state index contributed by atoms with van der Waals surface area (Å²) in [6, 6.07) is 15.5. The Morgan fingerprint density at radius 2 is 1.50 bits per heavy atom. The Bertz CT molecular complexity index is 920. The van der Waals surface area contributed by atoms with Gasteiger partial charge in [-0.25, -0.2) is 0 Å². The summed E-state index contributed by atoms with van der Waals surface area (Å²) in [6.45, 7) is 7.35. The molecule has 3 amide bonds. The Morgan fingerprint density at radius 3 is 2.09 bits per heavy atom. The van der Waals surface area contributed by atoms with Crippen molar-refractivity contribution in [1.82, 2.24) is 20.4 Å². The Labute approximate surface area is 189 Å². The maximum absolute atomic E-state index is 12.7. The Balaban J connectivity index is 1.54. The van der Waals surface area contributed by atoms with Crippen LogP contribution in [0, 0.1) is 5.92 Å². The van der Waals surface area contributed by atoms with E-state index in [1.54, 1.807) is 36.4 Å². The number of nitrogens with zero attached hydrogens (tertiary/aromatic N) is 2. The summed E-state index contributed by atoms with van der Waals surface area (Å²) in [4.78, 5) is 42.0. The summed E-state index contributed by atoms with van der Waals surface area (Å²) in [5, 5.41) is 5.73. The van der Waals surface area contributed by atoms with Gasteiger partial charge in [0.25, 0.3) is 11.8 Å². The monoisotopic (exact) mass is 436 g/mol. The first-order valence-electron chi connectivity index (χ1n) is 11.1. The van der Waals surface area contributed by atoms with Crippen molar-refractivity contribution < 1.29 is 14.4 Å². The minimum Gasteiger partial charge on any atom is -0.350 e. The predicted octanol–water partition coefficient (Wildman–Crippen LogP) is 2.14. The highest BCUT2D eigenvalue weighted by atomic mass is 16.2. The number of amides is 3. The molecule has 1 aliphatic heterocycles. The van der Waals surface area contributed by atoms with Crippen molar-refractivity contribution in [1.29, 1.82) is 0 Å². The molecule has 1 aliphatic rings. The number of benzene rings is 2. The van der Waals surface area contributed by atoms with Crippen LogP contribution in [0.2, 0.25) is 0 Å². The van der Waals surface area contributed by atoms with Crippen LogP contribution in [0.1, 0.15) is 40.1 Å². The van der Waals surface area contributed by atoms with Crippen molar-refractivity contribution in [3.63, 3.8) is 0 Å². The Morgan fingerprint density at radius 1 is 0.875 bits per heavy atom. The molecular formula is C25H32N4O3. The molecule has 1 fully saturated rings. The van der Waals surface area contributed by atoms with Gasteiger partial charge in [-0.3, -0.25) is 14.4 Å². The number of likely N-dealkylation sites (N-methyl/N-ethyl adjacent to an activating group) is 1. The standard InChI is InChI=1S/C25H32N4O3/c1-18(2)22(27-23(30)20-7-5-4-6-8-20)24(31)26-17-19-9-11-21(12-10-19)25(32)29-15-13-28(3)14-16-29/h4-12,18,22H,13-17H2,1-3H3,(H,26,31)(H,27,30). The van der Waals surface area contributed by atoms with E-state index in [1.807, 2.05) is 36.9 Å². The molecule has 1 heterocycles. The Kier molecular flexibility index (Phi) is 8.00. The molecule has 2 aromatic carbocycles. The van der Waals surface area contributed by atoms with E-state index in [1.165, 1.54) is 0 Å². The van der Waals surface area contributed by atoms with Gasteiger partial charge in [0.15, 0.2) is 0 Å². The number of hydrogen-bond acceptors (Lipinski definition) is 4. The third-order valence-electron chi connectivity index (χ3n) is 5.73. The second-order valence-electron chi connectivity index (χ2n) is 8.57. The first-order chi connectivity index (χ1) is 15.3. The van der Waals surface area contributed by atoms with Gasteiger partial charge in [0, 0.05) is 43.9 Å². The molecule has 2 aromatic rings. The molecule has 0 aromatic heterocycles. The minimum atomic E-state index is -0.638. The zero-order valence-electron chi connectivity index (χ0n) is 19.0. The van der Waals surface area contributed by atoms with E-state index in [0.29, 0.717) is 17.7 Å². The lowest BCUT2D eigenvalue weighted by Gasteiger charge is -2.32. The number of rotatable bonds is 7. The van der Waals surface area contributed by atoms with Gasteiger partial charge in [-0.2, -0.15) is 0 Å². The van der Waals surface area contributed by atoms with Crippen LogP contribution in [-0.2, 0) is 11.3 Å². The Hall–Kier alpha value is -3.19. The van der Waals surface area contributed by atoms with Crippen LogP contribution in [0.4, 0.5) is 0 Å². The lowest BCUT2D eigenvalue weighted by atomic mass is 10.0. The van der Waals surface area contributed by atoms with Gasteiger partial charge in [-0.15, -0.1) is 0 Å². The van der Waals surface area contributed by atoms with E-state index in [4.69, 9.17) is 0 Å². The van der Waals surface area contributed by atoms with Crippen LogP contribution >= 0.6 is 0 Å². The molecule has 170 valence electrons. The molecule has 2 N–H and O–H groups in total. The summed E-state index contributed by atoms with van der Waals surface area (Å²) < 4.78 is 0. The number of carbonyl (C=O) groups excluding carboxylic acids is 3. The van der Waals surface area contributed by atoms with Gasteiger partial charge in [0.05, 0.1) is 0 Å². The lowest BCUT2D eigenvalue weighted by molar-refractivity contribution is -0.124. The van der Waals surface area contributed by atoms with E-state index in [9.17, 15) is 14.4 Å². The average Bonchev–Trinajstić information content (AvgIpc) is 2.81. The van der Waals surface area contributed by atoms with Gasteiger partial charge >= 0.3 is 0 Å². The zero-order valence-corrected chi connectivity index (χ0v) is 19.0. The van der Waals surface area contributed by atoms with Crippen molar-refractivity contribution in [2.45, 2.75) is 26.4 Å². The average molecular weight is 437 g/mol. The fourth-order valence-electron chi connectivity index (χ4n) is 3.61. The summed E-state index contributed by atoms with van der Waals surface area (Å²) in [5.41, 5.74) is 2.07. The number of carbonyl (C=O) groups is 3. The predicted molar refractivity (Wildman–Crippen MR) is 124 cm³/mol. The van der Waals surface area contributed by atoms with Crippen molar-refractivity contribution in [3.8, 4) is 0 Å². The van der Waals surface area contributed by atoms with Gasteiger partial charge in [0.1, 0.15) is 6.04 Å². The topological polar surface area (TPSA) is 81.8 Å². The largest absolute Gasteiger partial charge is 0.350 e. The molecule has 7 heteroatoms. The highest BCUT2D eigenvalue weighted by molar-refractivity contribution is 5.97. The van der Waals surface area contributed by atoms with Crippen LogP contribution in [0.15, 0.2) is 54.6 Å². The van der Waals surface area contributed by atoms with Gasteiger partial charge in [-0.1, -0.05) is 44.2 Å². The second-order valence-corrected chi connectivity index (χ2v) is 8.57. The van der Waals surface area contributed by atoms with E-state index in [-0.39, 0.29) is 23.6 Å². The van der Waals surface area contributed by atoms with E-state index in [0.717, 1.165) is 31.7 Å². The van der Waals surface area contributed by atoms with E-state index >= 15 is 0 Å². The SMILES string of the molecule is CC(C)C(NC(=O)c1ccccc1)C(=O)NCc1ccc(C(=O)N2CCN(C)CC2)cc1. The van der Waals surface area contributed by atoms with E-state index in [2.05, 4.69) is 22.6 Å². The summed E-state index contributed by atoms with van der Waals surface area (Å²) in [6.07, 6.45) is 0. The van der Waals surface area contributed by atoms with Crippen LogP contribution in [0.25, 0.3) is 0 Å². The van der Waals surface area contributed by atoms with Crippen molar-refractivity contribution >= 4 is 17.7 Å². The van der Waals surface area contributed by atoms with Crippen molar-refractivity contribution in [2.24, 2.45) is 5.92 Å². The molecule has 1 saturated heterocycles. The third kappa shape index (κ3) is 6.17. The van der Waals surface area contributed by atoms with Gasteiger partial charge < -0.3 is 20.4 Å². The third-order valence-corrected chi connectivity index (χ3v) is 5.73. The van der Waals surface area contributed by atoms with E-state index < -0.39 is 6.04 Å². The zero-order chi connectivity index (χ0) is 23.1. The molecule has 0 spiro atoms. The van der Waals surface area contributed by atoms with Crippen LogP contribution in [-0.4, -0.2) is 66.8 Å². The molecule has 0 saturated carbocycles. The normalized spacial score (nSPS) is 15.3. The maximum Gasteiger partial charge on any atom is 0.253 e.